The SMILES string of the molecule is Cc1nc2ccc(C(=O)N3CCC[C@H](c4ncncc4S(C)(=O)=O)C3)cc2nc1C. The van der Waals surface area contributed by atoms with Crippen molar-refractivity contribution in [3.8, 4) is 0 Å². The third kappa shape index (κ3) is 3.89. The molecule has 156 valence electrons. The van der Waals surface area contributed by atoms with E-state index in [1.54, 1.807) is 17.0 Å². The summed E-state index contributed by atoms with van der Waals surface area (Å²) in [5, 5.41) is 0. The summed E-state index contributed by atoms with van der Waals surface area (Å²) in [5.41, 5.74) is 4.18. The van der Waals surface area contributed by atoms with E-state index in [0.29, 0.717) is 29.9 Å². The largest absolute Gasteiger partial charge is 0.338 e. The fourth-order valence-electron chi connectivity index (χ4n) is 3.85. The quantitative estimate of drug-likeness (QED) is 0.634. The maximum absolute atomic E-state index is 13.2. The van der Waals surface area contributed by atoms with Crippen molar-refractivity contribution >= 4 is 26.8 Å². The molecular weight excluding hydrogens is 402 g/mol. The molecule has 3 aromatic rings. The van der Waals surface area contributed by atoms with Gasteiger partial charge >= 0.3 is 0 Å². The number of amides is 1. The van der Waals surface area contributed by atoms with E-state index >= 15 is 0 Å². The summed E-state index contributed by atoms with van der Waals surface area (Å²) >= 11 is 0. The first-order chi connectivity index (χ1) is 14.2. The molecule has 8 nitrogen and oxygen atoms in total. The Balaban J connectivity index is 1.62. The number of fused-ring (bicyclic) bond motifs is 1. The van der Waals surface area contributed by atoms with E-state index in [1.165, 1.54) is 12.5 Å². The van der Waals surface area contributed by atoms with Crippen LogP contribution >= 0.6 is 0 Å². The second-order valence-electron chi connectivity index (χ2n) is 7.73. The van der Waals surface area contributed by atoms with Gasteiger partial charge < -0.3 is 4.90 Å². The smallest absolute Gasteiger partial charge is 0.253 e. The molecule has 3 heterocycles. The molecule has 0 aliphatic carbocycles. The van der Waals surface area contributed by atoms with Gasteiger partial charge in [0, 0.05) is 37.0 Å². The van der Waals surface area contributed by atoms with Crippen molar-refractivity contribution in [3.63, 3.8) is 0 Å². The summed E-state index contributed by atoms with van der Waals surface area (Å²) in [7, 11) is -3.45. The molecule has 1 aliphatic heterocycles. The summed E-state index contributed by atoms with van der Waals surface area (Å²) in [4.78, 5) is 32.3. The number of nitrogens with zero attached hydrogens (tertiary/aromatic N) is 5. The Kier molecular flexibility index (Phi) is 5.23. The molecule has 30 heavy (non-hydrogen) atoms. The lowest BCUT2D eigenvalue weighted by Gasteiger charge is -2.33. The second-order valence-corrected chi connectivity index (χ2v) is 9.72. The van der Waals surface area contributed by atoms with Crippen molar-refractivity contribution in [3.05, 3.63) is 53.4 Å². The molecule has 4 rings (SSSR count). The molecule has 0 spiro atoms. The second kappa shape index (κ2) is 7.71. The van der Waals surface area contributed by atoms with Crippen LogP contribution in [0.1, 0.15) is 46.2 Å². The molecule has 1 amide bonds. The molecule has 1 aliphatic rings. The van der Waals surface area contributed by atoms with Crippen molar-refractivity contribution in [2.24, 2.45) is 0 Å². The Bertz CT molecular complexity index is 1240. The third-order valence-electron chi connectivity index (χ3n) is 5.52. The average Bonchev–Trinajstić information content (AvgIpc) is 2.73. The number of sulfone groups is 1. The zero-order valence-corrected chi connectivity index (χ0v) is 18.0. The Morgan fingerprint density at radius 3 is 2.60 bits per heavy atom. The fraction of sp³-hybridized carbons (Fsp3) is 0.381. The van der Waals surface area contributed by atoms with Crippen LogP contribution in [0.5, 0.6) is 0 Å². The lowest BCUT2D eigenvalue weighted by molar-refractivity contribution is 0.0705. The van der Waals surface area contributed by atoms with Gasteiger partial charge in [-0.05, 0) is 44.9 Å². The number of piperidine rings is 1. The fourth-order valence-corrected chi connectivity index (χ4v) is 4.70. The highest BCUT2D eigenvalue weighted by Crippen LogP contribution is 2.30. The molecule has 1 fully saturated rings. The van der Waals surface area contributed by atoms with Crippen molar-refractivity contribution in [1.82, 2.24) is 24.8 Å². The Labute approximate surface area is 175 Å². The van der Waals surface area contributed by atoms with E-state index in [2.05, 4.69) is 19.9 Å². The molecule has 0 unspecified atom stereocenters. The minimum atomic E-state index is -3.45. The average molecular weight is 426 g/mol. The van der Waals surface area contributed by atoms with Gasteiger partial charge in [0.2, 0.25) is 0 Å². The molecule has 0 saturated carbocycles. The first-order valence-corrected chi connectivity index (χ1v) is 11.7. The maximum atomic E-state index is 13.2. The Hall–Kier alpha value is -2.94. The molecule has 0 radical (unpaired) electrons. The van der Waals surface area contributed by atoms with Crippen molar-refractivity contribution in [2.45, 2.75) is 37.5 Å². The molecule has 0 bridgehead atoms. The van der Waals surface area contributed by atoms with Gasteiger partial charge in [-0.15, -0.1) is 0 Å². The van der Waals surface area contributed by atoms with Gasteiger partial charge in [0.1, 0.15) is 11.2 Å². The molecule has 2 aromatic heterocycles. The summed E-state index contributed by atoms with van der Waals surface area (Å²) in [5.74, 6) is -0.253. The van der Waals surface area contributed by atoms with Crippen LogP contribution in [0.25, 0.3) is 11.0 Å². The minimum absolute atomic E-state index is 0.100. The maximum Gasteiger partial charge on any atom is 0.253 e. The molecule has 1 atom stereocenters. The van der Waals surface area contributed by atoms with E-state index in [-0.39, 0.29) is 16.7 Å². The monoisotopic (exact) mass is 425 g/mol. The molecule has 1 aromatic carbocycles. The predicted octanol–water partition coefficient (Wildman–Crippen LogP) is 2.46. The number of benzene rings is 1. The highest BCUT2D eigenvalue weighted by molar-refractivity contribution is 7.90. The lowest BCUT2D eigenvalue weighted by atomic mass is 9.94. The zero-order valence-electron chi connectivity index (χ0n) is 17.2. The Morgan fingerprint density at radius 1 is 1.13 bits per heavy atom. The number of hydrogen-bond acceptors (Lipinski definition) is 7. The molecule has 0 N–H and O–H groups in total. The van der Waals surface area contributed by atoms with Gasteiger partial charge in [-0.1, -0.05) is 0 Å². The zero-order chi connectivity index (χ0) is 21.5. The van der Waals surface area contributed by atoms with E-state index in [9.17, 15) is 13.2 Å². The van der Waals surface area contributed by atoms with E-state index in [0.717, 1.165) is 36.0 Å². The van der Waals surface area contributed by atoms with Crippen LogP contribution in [0.4, 0.5) is 0 Å². The van der Waals surface area contributed by atoms with Crippen LogP contribution in [0.2, 0.25) is 0 Å². The topological polar surface area (TPSA) is 106 Å². The molecule has 9 heteroatoms. The number of hydrogen-bond donors (Lipinski definition) is 0. The van der Waals surface area contributed by atoms with Gasteiger partial charge in [-0.25, -0.2) is 28.4 Å². The molecular formula is C21H23N5O3S. The van der Waals surface area contributed by atoms with Gasteiger partial charge in [-0.2, -0.15) is 0 Å². The van der Waals surface area contributed by atoms with Gasteiger partial charge in [-0.3, -0.25) is 4.79 Å². The summed E-state index contributed by atoms with van der Waals surface area (Å²) < 4.78 is 24.3. The van der Waals surface area contributed by atoms with E-state index < -0.39 is 9.84 Å². The van der Waals surface area contributed by atoms with E-state index in [4.69, 9.17) is 0 Å². The number of carbonyl (C=O) groups is 1. The van der Waals surface area contributed by atoms with Crippen LogP contribution in [-0.4, -0.2) is 58.5 Å². The van der Waals surface area contributed by atoms with Crippen LogP contribution in [-0.2, 0) is 9.84 Å². The summed E-state index contributed by atoms with van der Waals surface area (Å²) in [6, 6.07) is 5.35. The van der Waals surface area contributed by atoms with Crippen LogP contribution in [0.15, 0.2) is 35.6 Å². The summed E-state index contributed by atoms with van der Waals surface area (Å²) in [6.07, 6.45) is 5.39. The number of aromatic nitrogens is 4. The highest BCUT2D eigenvalue weighted by atomic mass is 32.2. The number of carbonyl (C=O) groups excluding carboxylic acids is 1. The van der Waals surface area contributed by atoms with E-state index in [1.807, 2.05) is 19.9 Å². The summed E-state index contributed by atoms with van der Waals surface area (Å²) in [6.45, 7) is 4.83. The first kappa shape index (κ1) is 20.3. The highest BCUT2D eigenvalue weighted by Gasteiger charge is 2.30. The molecule has 1 saturated heterocycles. The standard InChI is InChI=1S/C21H23N5O3S/c1-13-14(2)25-18-9-15(6-7-17(18)24-13)21(27)26-8-4-5-16(11-26)20-19(30(3,28)29)10-22-12-23-20/h6-7,9-10,12,16H,4-5,8,11H2,1-3H3/t16-/m0/s1. The number of likely N-dealkylation sites (tertiary alicyclic amines) is 1. The van der Waals surface area contributed by atoms with Crippen LogP contribution < -0.4 is 0 Å². The lowest BCUT2D eigenvalue weighted by Crippen LogP contribution is -2.39. The predicted molar refractivity (Wildman–Crippen MR) is 112 cm³/mol. The van der Waals surface area contributed by atoms with Gasteiger partial charge in [0.05, 0.1) is 28.1 Å². The minimum Gasteiger partial charge on any atom is -0.338 e. The first-order valence-electron chi connectivity index (χ1n) is 9.78. The van der Waals surface area contributed by atoms with Crippen molar-refractivity contribution in [2.75, 3.05) is 19.3 Å². The number of rotatable bonds is 3. The van der Waals surface area contributed by atoms with Crippen LogP contribution in [0, 0.1) is 13.8 Å². The van der Waals surface area contributed by atoms with Gasteiger partial charge in [0.25, 0.3) is 5.91 Å². The number of aryl methyl sites for hydroxylation is 2. The van der Waals surface area contributed by atoms with Crippen LogP contribution in [0.3, 0.4) is 0 Å². The Morgan fingerprint density at radius 2 is 1.87 bits per heavy atom. The normalized spacial score (nSPS) is 17.3. The van der Waals surface area contributed by atoms with Crippen molar-refractivity contribution < 1.29 is 13.2 Å². The van der Waals surface area contributed by atoms with Crippen molar-refractivity contribution in [1.29, 1.82) is 0 Å². The van der Waals surface area contributed by atoms with Gasteiger partial charge in [0.15, 0.2) is 9.84 Å². The third-order valence-corrected chi connectivity index (χ3v) is 6.64.